The molecule has 1 N–H and O–H groups in total. The van der Waals surface area contributed by atoms with Crippen LogP contribution in [0, 0.1) is 0 Å². The average Bonchev–Trinajstić information content (AvgIpc) is 2.79. The van der Waals surface area contributed by atoms with Gasteiger partial charge in [-0.1, -0.05) is 6.07 Å². The number of likely N-dealkylation sites (tertiary alicyclic amines) is 1. The SMILES string of the molecule is CCOc1cc(CC(=O)N2CCC(F)(F)C2)ccc1C(=O)O. The van der Waals surface area contributed by atoms with Crippen molar-refractivity contribution in [1.82, 2.24) is 4.90 Å². The molecule has 22 heavy (non-hydrogen) atoms. The molecular weight excluding hydrogens is 296 g/mol. The number of hydrogen-bond acceptors (Lipinski definition) is 3. The molecule has 0 saturated carbocycles. The summed E-state index contributed by atoms with van der Waals surface area (Å²) in [6.45, 7) is 1.49. The van der Waals surface area contributed by atoms with Gasteiger partial charge in [0.2, 0.25) is 5.91 Å². The van der Waals surface area contributed by atoms with Crippen molar-refractivity contribution in [3.05, 3.63) is 29.3 Å². The molecule has 0 aliphatic carbocycles. The molecule has 120 valence electrons. The van der Waals surface area contributed by atoms with E-state index in [-0.39, 0.29) is 37.3 Å². The van der Waals surface area contributed by atoms with E-state index in [1.165, 1.54) is 18.2 Å². The number of alkyl halides is 2. The number of aromatic carboxylic acids is 1. The second kappa shape index (κ2) is 6.29. The zero-order valence-electron chi connectivity index (χ0n) is 12.1. The number of benzene rings is 1. The number of carboxylic acids is 1. The first kappa shape index (κ1) is 16.2. The number of carboxylic acid groups (broad SMARTS) is 1. The highest BCUT2D eigenvalue weighted by molar-refractivity contribution is 5.91. The van der Waals surface area contributed by atoms with Gasteiger partial charge < -0.3 is 14.7 Å². The molecule has 2 rings (SSSR count). The van der Waals surface area contributed by atoms with Gasteiger partial charge in [-0.25, -0.2) is 13.6 Å². The van der Waals surface area contributed by atoms with E-state index in [1.54, 1.807) is 6.92 Å². The van der Waals surface area contributed by atoms with Gasteiger partial charge in [-0.2, -0.15) is 0 Å². The van der Waals surface area contributed by atoms with Gasteiger partial charge in [0.05, 0.1) is 19.6 Å². The summed E-state index contributed by atoms with van der Waals surface area (Å²) >= 11 is 0. The normalized spacial score (nSPS) is 16.6. The third-order valence-electron chi connectivity index (χ3n) is 3.45. The lowest BCUT2D eigenvalue weighted by atomic mass is 10.1. The van der Waals surface area contributed by atoms with E-state index in [0.29, 0.717) is 5.56 Å². The van der Waals surface area contributed by atoms with Gasteiger partial charge in [0, 0.05) is 13.0 Å². The molecule has 0 radical (unpaired) electrons. The largest absolute Gasteiger partial charge is 0.493 e. The van der Waals surface area contributed by atoms with Crippen LogP contribution in [0.4, 0.5) is 8.78 Å². The fourth-order valence-corrected chi connectivity index (χ4v) is 2.36. The predicted molar refractivity (Wildman–Crippen MR) is 74.4 cm³/mol. The summed E-state index contributed by atoms with van der Waals surface area (Å²) in [7, 11) is 0. The molecule has 7 heteroatoms. The minimum atomic E-state index is -2.82. The second-order valence-corrected chi connectivity index (χ2v) is 5.17. The maximum Gasteiger partial charge on any atom is 0.339 e. The summed E-state index contributed by atoms with van der Waals surface area (Å²) in [6.07, 6.45) is -0.378. The Bertz CT molecular complexity index is 589. The van der Waals surface area contributed by atoms with Gasteiger partial charge >= 0.3 is 5.97 Å². The first-order valence-corrected chi connectivity index (χ1v) is 6.97. The van der Waals surface area contributed by atoms with Gasteiger partial charge in [-0.3, -0.25) is 4.79 Å². The van der Waals surface area contributed by atoms with Crippen LogP contribution in [0.2, 0.25) is 0 Å². The summed E-state index contributed by atoms with van der Waals surface area (Å²) in [5.41, 5.74) is 0.541. The van der Waals surface area contributed by atoms with Gasteiger partial charge in [0.1, 0.15) is 11.3 Å². The summed E-state index contributed by atoms with van der Waals surface area (Å²) in [5, 5.41) is 9.06. The van der Waals surface area contributed by atoms with E-state index in [0.717, 1.165) is 4.90 Å². The topological polar surface area (TPSA) is 66.8 Å². The van der Waals surface area contributed by atoms with E-state index < -0.39 is 24.3 Å². The molecule has 1 heterocycles. The van der Waals surface area contributed by atoms with E-state index in [9.17, 15) is 18.4 Å². The minimum Gasteiger partial charge on any atom is -0.493 e. The molecule has 1 aliphatic rings. The van der Waals surface area contributed by atoms with Crippen molar-refractivity contribution in [2.75, 3.05) is 19.7 Å². The lowest BCUT2D eigenvalue weighted by molar-refractivity contribution is -0.130. The molecule has 1 aromatic carbocycles. The van der Waals surface area contributed by atoms with Crippen LogP contribution in [-0.4, -0.2) is 47.5 Å². The lowest BCUT2D eigenvalue weighted by Gasteiger charge is -2.16. The van der Waals surface area contributed by atoms with Crippen molar-refractivity contribution in [2.45, 2.75) is 25.7 Å². The molecule has 1 aliphatic heterocycles. The quantitative estimate of drug-likeness (QED) is 0.905. The second-order valence-electron chi connectivity index (χ2n) is 5.17. The van der Waals surface area contributed by atoms with Gasteiger partial charge in [-0.05, 0) is 24.6 Å². The summed E-state index contributed by atoms with van der Waals surface area (Å²) in [5.74, 6) is -4.17. The lowest BCUT2D eigenvalue weighted by Crippen LogP contribution is -2.32. The molecule has 0 atom stereocenters. The number of carbonyl (C=O) groups excluding carboxylic acids is 1. The highest BCUT2D eigenvalue weighted by atomic mass is 19.3. The molecule has 0 unspecified atom stereocenters. The van der Waals surface area contributed by atoms with Crippen LogP contribution < -0.4 is 4.74 Å². The van der Waals surface area contributed by atoms with Crippen LogP contribution in [0.15, 0.2) is 18.2 Å². The number of hydrogen-bond donors (Lipinski definition) is 1. The van der Waals surface area contributed by atoms with Crippen LogP contribution in [0.1, 0.15) is 29.3 Å². The third kappa shape index (κ3) is 3.72. The highest BCUT2D eigenvalue weighted by Crippen LogP contribution is 2.27. The van der Waals surface area contributed by atoms with Crippen LogP contribution in [0.3, 0.4) is 0 Å². The number of carbonyl (C=O) groups is 2. The number of ether oxygens (including phenoxy) is 1. The van der Waals surface area contributed by atoms with Gasteiger partial charge in [-0.15, -0.1) is 0 Å². The standard InChI is InChI=1S/C15H17F2NO4/c1-2-22-12-7-10(3-4-11(12)14(20)21)8-13(19)18-6-5-15(16,17)9-18/h3-4,7H,2,5-6,8-9H2,1H3,(H,20,21). The molecule has 5 nitrogen and oxygen atoms in total. The summed E-state index contributed by atoms with van der Waals surface area (Å²) in [6, 6.07) is 4.33. The van der Waals surface area contributed by atoms with Crippen molar-refractivity contribution in [3.63, 3.8) is 0 Å². The maximum atomic E-state index is 13.1. The van der Waals surface area contributed by atoms with E-state index in [1.807, 2.05) is 0 Å². The van der Waals surface area contributed by atoms with Crippen molar-refractivity contribution in [3.8, 4) is 5.75 Å². The average molecular weight is 313 g/mol. The smallest absolute Gasteiger partial charge is 0.339 e. The summed E-state index contributed by atoms with van der Waals surface area (Å²) in [4.78, 5) is 24.2. The zero-order valence-corrected chi connectivity index (χ0v) is 12.1. The van der Waals surface area contributed by atoms with E-state index >= 15 is 0 Å². The molecule has 0 spiro atoms. The van der Waals surface area contributed by atoms with Crippen molar-refractivity contribution >= 4 is 11.9 Å². The molecular formula is C15H17F2NO4. The molecule has 1 saturated heterocycles. The third-order valence-corrected chi connectivity index (χ3v) is 3.45. The predicted octanol–water partition coefficient (Wildman–Crippen LogP) is 2.19. The first-order valence-electron chi connectivity index (χ1n) is 6.97. The Balaban J connectivity index is 2.11. The zero-order chi connectivity index (χ0) is 16.3. The Hall–Kier alpha value is -2.18. The fraction of sp³-hybridized carbons (Fsp3) is 0.467. The molecule has 0 bridgehead atoms. The number of nitrogens with zero attached hydrogens (tertiary/aromatic N) is 1. The molecule has 1 aromatic rings. The Labute approximate surface area is 126 Å². The van der Waals surface area contributed by atoms with Crippen molar-refractivity contribution in [2.24, 2.45) is 0 Å². The van der Waals surface area contributed by atoms with Crippen LogP contribution in [0.5, 0.6) is 5.75 Å². The van der Waals surface area contributed by atoms with Gasteiger partial charge in [0.15, 0.2) is 0 Å². The van der Waals surface area contributed by atoms with Crippen LogP contribution in [0.25, 0.3) is 0 Å². The van der Waals surface area contributed by atoms with E-state index in [4.69, 9.17) is 9.84 Å². The first-order chi connectivity index (χ1) is 10.3. The Morgan fingerprint density at radius 2 is 2.14 bits per heavy atom. The van der Waals surface area contributed by atoms with Crippen molar-refractivity contribution in [1.29, 1.82) is 0 Å². The fourth-order valence-electron chi connectivity index (χ4n) is 2.36. The van der Waals surface area contributed by atoms with Crippen LogP contribution >= 0.6 is 0 Å². The number of amides is 1. The monoisotopic (exact) mass is 313 g/mol. The summed E-state index contributed by atoms with van der Waals surface area (Å²) < 4.78 is 31.5. The molecule has 1 amide bonds. The molecule has 1 fully saturated rings. The number of rotatable bonds is 5. The Kier molecular flexibility index (Phi) is 4.63. The highest BCUT2D eigenvalue weighted by Gasteiger charge is 2.40. The minimum absolute atomic E-state index is 0.00533. The van der Waals surface area contributed by atoms with Gasteiger partial charge in [0.25, 0.3) is 5.92 Å². The van der Waals surface area contributed by atoms with Crippen molar-refractivity contribution < 1.29 is 28.2 Å². The molecule has 0 aromatic heterocycles. The van der Waals surface area contributed by atoms with E-state index in [2.05, 4.69) is 0 Å². The maximum absolute atomic E-state index is 13.1. The van der Waals surface area contributed by atoms with Crippen LogP contribution in [-0.2, 0) is 11.2 Å². The number of halogens is 2. The Morgan fingerprint density at radius 3 is 2.68 bits per heavy atom. The Morgan fingerprint density at radius 1 is 1.41 bits per heavy atom.